The Morgan fingerprint density at radius 3 is 2.48 bits per heavy atom. The van der Waals surface area contributed by atoms with Crippen LogP contribution in [0.15, 0.2) is 30.5 Å². The molecule has 0 aliphatic heterocycles. The maximum Gasteiger partial charge on any atom is 0.413 e. The van der Waals surface area contributed by atoms with Gasteiger partial charge in [0.05, 0.1) is 6.61 Å². The quantitative estimate of drug-likeness (QED) is 0.662. The lowest BCUT2D eigenvalue weighted by Gasteiger charge is -2.19. The van der Waals surface area contributed by atoms with Crippen molar-refractivity contribution in [2.45, 2.75) is 46.1 Å². The van der Waals surface area contributed by atoms with Crippen molar-refractivity contribution in [2.24, 2.45) is 0 Å². The molecule has 0 radical (unpaired) electrons. The van der Waals surface area contributed by atoms with Gasteiger partial charge in [-0.25, -0.2) is 14.6 Å². The molecule has 1 amide bonds. The van der Waals surface area contributed by atoms with E-state index < -0.39 is 17.7 Å². The summed E-state index contributed by atoms with van der Waals surface area (Å²) in [6.07, 6.45) is 1.02. The lowest BCUT2D eigenvalue weighted by molar-refractivity contribution is -0.138. The van der Waals surface area contributed by atoms with E-state index in [2.05, 4.69) is 16.9 Å². The molecule has 6 nitrogen and oxygen atoms in total. The van der Waals surface area contributed by atoms with E-state index in [-0.39, 0.29) is 5.92 Å². The maximum absolute atomic E-state index is 11.7. The fourth-order valence-electron chi connectivity index (χ4n) is 1.75. The molecular formula is C17H24N2O4. The third-order valence-electron chi connectivity index (χ3n) is 2.98. The molecule has 1 N–H and O–H groups in total. The molecule has 0 saturated heterocycles. The number of esters is 1. The molecule has 126 valence electrons. The molecule has 6 heteroatoms. The molecule has 1 aromatic rings. The van der Waals surface area contributed by atoms with Gasteiger partial charge in [-0.05, 0) is 39.3 Å². The van der Waals surface area contributed by atoms with Crippen molar-refractivity contribution in [3.63, 3.8) is 0 Å². The number of carbonyl (C=O) groups excluding carboxylic acids is 2. The number of hydrogen-bond donors (Lipinski definition) is 1. The van der Waals surface area contributed by atoms with E-state index in [1.54, 1.807) is 46.0 Å². The number of aromatic nitrogens is 1. The van der Waals surface area contributed by atoms with Crippen molar-refractivity contribution < 1.29 is 19.1 Å². The number of ether oxygens (including phenoxy) is 2. The van der Waals surface area contributed by atoms with Crippen molar-refractivity contribution in [2.75, 3.05) is 11.9 Å². The summed E-state index contributed by atoms with van der Waals surface area (Å²) >= 11 is 0. The van der Waals surface area contributed by atoms with E-state index in [9.17, 15) is 9.59 Å². The van der Waals surface area contributed by atoms with Gasteiger partial charge in [-0.3, -0.25) is 5.32 Å². The monoisotopic (exact) mass is 320 g/mol. The average molecular weight is 320 g/mol. The molecule has 0 aliphatic carbocycles. The van der Waals surface area contributed by atoms with Crippen molar-refractivity contribution in [1.29, 1.82) is 0 Å². The van der Waals surface area contributed by atoms with Gasteiger partial charge in [0.15, 0.2) is 0 Å². The van der Waals surface area contributed by atoms with Gasteiger partial charge in [0, 0.05) is 17.7 Å². The predicted octanol–water partition coefficient (Wildman–Crippen LogP) is 3.65. The first-order valence-corrected chi connectivity index (χ1v) is 7.46. The molecular weight excluding hydrogens is 296 g/mol. The first kappa shape index (κ1) is 18.7. The highest BCUT2D eigenvalue weighted by atomic mass is 16.6. The van der Waals surface area contributed by atoms with Crippen LogP contribution in [-0.4, -0.2) is 29.3 Å². The summed E-state index contributed by atoms with van der Waals surface area (Å²) in [6.45, 7) is 13.0. The Morgan fingerprint density at radius 2 is 2.00 bits per heavy atom. The normalized spacial score (nSPS) is 12.2. The molecule has 0 aromatic carbocycles. The zero-order chi connectivity index (χ0) is 17.6. The van der Waals surface area contributed by atoms with Gasteiger partial charge in [0.1, 0.15) is 11.4 Å². The van der Waals surface area contributed by atoms with Crippen LogP contribution in [0.3, 0.4) is 0 Å². The van der Waals surface area contributed by atoms with Crippen LogP contribution >= 0.6 is 0 Å². The SMILES string of the molecule is C=C(C(=O)OCC)C(C)c1ccc(NC(=O)OC(C)(C)C)nc1. The molecule has 1 rings (SSSR count). The number of rotatable bonds is 5. The number of nitrogens with one attached hydrogen (secondary N) is 1. The van der Waals surface area contributed by atoms with Gasteiger partial charge in [-0.15, -0.1) is 0 Å². The van der Waals surface area contributed by atoms with Crippen molar-refractivity contribution in [3.8, 4) is 0 Å². The van der Waals surface area contributed by atoms with Crippen LogP contribution in [0, 0.1) is 0 Å². The molecule has 1 atom stereocenters. The summed E-state index contributed by atoms with van der Waals surface area (Å²) in [7, 11) is 0. The number of amides is 1. The zero-order valence-electron chi connectivity index (χ0n) is 14.3. The number of carbonyl (C=O) groups is 2. The number of nitrogens with zero attached hydrogens (tertiary/aromatic N) is 1. The minimum Gasteiger partial charge on any atom is -0.463 e. The number of pyridine rings is 1. The highest BCUT2D eigenvalue weighted by molar-refractivity contribution is 5.89. The van der Waals surface area contributed by atoms with Crippen molar-refractivity contribution in [1.82, 2.24) is 4.98 Å². The Bertz CT molecular complexity index is 573. The Kier molecular flexibility index (Phi) is 6.30. The van der Waals surface area contributed by atoms with E-state index >= 15 is 0 Å². The highest BCUT2D eigenvalue weighted by Crippen LogP contribution is 2.23. The summed E-state index contributed by atoms with van der Waals surface area (Å²) < 4.78 is 10.1. The molecule has 0 spiro atoms. The van der Waals surface area contributed by atoms with E-state index in [4.69, 9.17) is 9.47 Å². The van der Waals surface area contributed by atoms with Crippen LogP contribution < -0.4 is 5.32 Å². The largest absolute Gasteiger partial charge is 0.463 e. The third-order valence-corrected chi connectivity index (χ3v) is 2.98. The summed E-state index contributed by atoms with van der Waals surface area (Å²) in [5, 5.41) is 2.55. The van der Waals surface area contributed by atoms with Crippen LogP contribution in [-0.2, 0) is 14.3 Å². The fraction of sp³-hybridized carbons (Fsp3) is 0.471. The van der Waals surface area contributed by atoms with Gasteiger partial charge < -0.3 is 9.47 Å². The number of hydrogen-bond acceptors (Lipinski definition) is 5. The minimum atomic E-state index is -0.573. The predicted molar refractivity (Wildman–Crippen MR) is 88.3 cm³/mol. The summed E-state index contributed by atoms with van der Waals surface area (Å²) in [6, 6.07) is 3.42. The molecule has 1 unspecified atom stereocenters. The molecule has 1 aromatic heterocycles. The molecule has 0 bridgehead atoms. The van der Waals surface area contributed by atoms with Crippen molar-refractivity contribution in [3.05, 3.63) is 36.0 Å². The van der Waals surface area contributed by atoms with Gasteiger partial charge in [-0.2, -0.15) is 0 Å². The Morgan fingerprint density at radius 1 is 1.35 bits per heavy atom. The van der Waals surface area contributed by atoms with Crippen LogP contribution in [0.5, 0.6) is 0 Å². The van der Waals surface area contributed by atoms with Crippen LogP contribution in [0.4, 0.5) is 10.6 Å². The van der Waals surface area contributed by atoms with E-state index in [1.807, 2.05) is 6.92 Å². The van der Waals surface area contributed by atoms with E-state index in [1.165, 1.54) is 0 Å². The van der Waals surface area contributed by atoms with Gasteiger partial charge in [0.25, 0.3) is 0 Å². The van der Waals surface area contributed by atoms with Crippen molar-refractivity contribution >= 4 is 17.9 Å². The average Bonchev–Trinajstić information content (AvgIpc) is 2.44. The topological polar surface area (TPSA) is 77.5 Å². The Balaban J connectivity index is 2.71. The van der Waals surface area contributed by atoms with Gasteiger partial charge >= 0.3 is 12.1 Å². The molecule has 1 heterocycles. The highest BCUT2D eigenvalue weighted by Gasteiger charge is 2.19. The lowest BCUT2D eigenvalue weighted by Crippen LogP contribution is -2.27. The van der Waals surface area contributed by atoms with E-state index in [0.29, 0.717) is 18.0 Å². The molecule has 0 aliphatic rings. The second-order valence-corrected chi connectivity index (χ2v) is 6.07. The summed E-state index contributed by atoms with van der Waals surface area (Å²) in [5.74, 6) is -0.273. The van der Waals surface area contributed by atoms with Gasteiger partial charge in [0.2, 0.25) is 0 Å². The Labute approximate surface area is 136 Å². The van der Waals surface area contributed by atoms with Crippen LogP contribution in [0.2, 0.25) is 0 Å². The van der Waals surface area contributed by atoms with Crippen LogP contribution in [0.25, 0.3) is 0 Å². The Hall–Kier alpha value is -2.37. The fourth-order valence-corrected chi connectivity index (χ4v) is 1.75. The summed E-state index contributed by atoms with van der Waals surface area (Å²) in [4.78, 5) is 27.5. The van der Waals surface area contributed by atoms with E-state index in [0.717, 1.165) is 5.56 Å². The minimum absolute atomic E-state index is 0.225. The third kappa shape index (κ3) is 6.10. The zero-order valence-corrected chi connectivity index (χ0v) is 14.3. The number of anilines is 1. The first-order valence-electron chi connectivity index (χ1n) is 7.46. The molecule has 0 saturated carbocycles. The smallest absolute Gasteiger partial charge is 0.413 e. The second kappa shape index (κ2) is 7.76. The summed E-state index contributed by atoms with van der Waals surface area (Å²) in [5.41, 5.74) is 0.593. The lowest BCUT2D eigenvalue weighted by atomic mass is 9.95. The second-order valence-electron chi connectivity index (χ2n) is 6.07. The standard InChI is InChI=1S/C17H24N2O4/c1-7-22-15(20)12(3)11(2)13-8-9-14(18-10-13)19-16(21)23-17(4,5)6/h8-11H,3,7H2,1-2,4-6H3,(H,18,19,21). The van der Waals surface area contributed by atoms with Crippen LogP contribution in [0.1, 0.15) is 46.1 Å². The molecule has 0 fully saturated rings. The molecule has 23 heavy (non-hydrogen) atoms. The van der Waals surface area contributed by atoms with Gasteiger partial charge in [-0.1, -0.05) is 19.6 Å². The maximum atomic E-state index is 11.7. The first-order chi connectivity index (χ1) is 10.6.